The molecule has 0 N–H and O–H groups in total. The number of nitrogens with zero attached hydrogens (tertiary/aromatic N) is 2. The highest BCUT2D eigenvalue weighted by atomic mass is 32.2. The minimum atomic E-state index is -4.39. The molecule has 0 aliphatic carbocycles. The third-order valence-electron chi connectivity index (χ3n) is 4.73. The summed E-state index contributed by atoms with van der Waals surface area (Å²) in [5, 5.41) is 0. The van der Waals surface area contributed by atoms with Crippen molar-refractivity contribution in [3.8, 4) is 0 Å². The van der Waals surface area contributed by atoms with Gasteiger partial charge in [0.15, 0.2) is 11.6 Å². The molecule has 1 aliphatic heterocycles. The lowest BCUT2D eigenvalue weighted by Gasteiger charge is -2.36. The summed E-state index contributed by atoms with van der Waals surface area (Å²) in [5.74, 6) is -4.30. The minimum Gasteiger partial charge on any atom is -0.348 e. The number of hydrogen-bond acceptors (Lipinski definition) is 2. The standard InChI is InChI=1S/C19H14F4N2O2S/c20-13-4-6-18(16(23)11-13)28(26,27)25-9-8-24-7-1-2-17(24)19(25)12-3-5-14(21)15(22)10-12/h1-7,10-11,19H,8-9H2. The lowest BCUT2D eigenvalue weighted by atomic mass is 10.0. The van der Waals surface area contributed by atoms with Crippen LogP contribution in [0.5, 0.6) is 0 Å². The van der Waals surface area contributed by atoms with Crippen LogP contribution in [0.2, 0.25) is 0 Å². The first-order valence-corrected chi connectivity index (χ1v) is 9.80. The number of halogens is 4. The molecule has 1 atom stereocenters. The van der Waals surface area contributed by atoms with E-state index in [9.17, 15) is 26.0 Å². The van der Waals surface area contributed by atoms with Gasteiger partial charge in [0, 0.05) is 31.0 Å². The average Bonchev–Trinajstić information content (AvgIpc) is 3.11. The Morgan fingerprint density at radius 3 is 2.36 bits per heavy atom. The van der Waals surface area contributed by atoms with Crippen LogP contribution in [0.4, 0.5) is 17.6 Å². The Labute approximate surface area is 158 Å². The van der Waals surface area contributed by atoms with E-state index in [0.29, 0.717) is 18.3 Å². The molecule has 1 aliphatic rings. The molecule has 1 aromatic heterocycles. The van der Waals surface area contributed by atoms with Crippen LogP contribution < -0.4 is 0 Å². The predicted octanol–water partition coefficient (Wildman–Crippen LogP) is 3.84. The number of benzene rings is 2. The maximum atomic E-state index is 14.2. The van der Waals surface area contributed by atoms with Crippen molar-refractivity contribution < 1.29 is 26.0 Å². The molecule has 2 heterocycles. The molecule has 0 amide bonds. The Morgan fingerprint density at radius 1 is 0.857 bits per heavy atom. The van der Waals surface area contributed by atoms with Gasteiger partial charge in [-0.05, 0) is 42.0 Å². The largest absolute Gasteiger partial charge is 0.348 e. The molecule has 3 aromatic rings. The lowest BCUT2D eigenvalue weighted by molar-refractivity contribution is 0.296. The molecule has 0 spiro atoms. The van der Waals surface area contributed by atoms with Gasteiger partial charge in [-0.25, -0.2) is 26.0 Å². The molecule has 0 radical (unpaired) electrons. The zero-order valence-electron chi connectivity index (χ0n) is 14.3. The van der Waals surface area contributed by atoms with Crippen LogP contribution in [-0.4, -0.2) is 23.8 Å². The maximum Gasteiger partial charge on any atom is 0.246 e. The molecular formula is C19H14F4N2O2S. The Kier molecular flexibility index (Phi) is 4.51. The normalized spacial score (nSPS) is 17.5. The molecular weight excluding hydrogens is 396 g/mol. The summed E-state index contributed by atoms with van der Waals surface area (Å²) in [6.07, 6.45) is 1.74. The van der Waals surface area contributed by atoms with E-state index in [2.05, 4.69) is 0 Å². The zero-order chi connectivity index (χ0) is 20.1. The Morgan fingerprint density at radius 2 is 1.64 bits per heavy atom. The second-order valence-corrected chi connectivity index (χ2v) is 8.25. The first-order chi connectivity index (χ1) is 13.3. The van der Waals surface area contributed by atoms with Crippen LogP contribution in [0.25, 0.3) is 0 Å². The van der Waals surface area contributed by atoms with Crippen LogP contribution in [0, 0.1) is 23.3 Å². The second kappa shape index (κ2) is 6.75. The van der Waals surface area contributed by atoms with Crippen molar-refractivity contribution in [1.29, 1.82) is 0 Å². The van der Waals surface area contributed by atoms with Gasteiger partial charge in [-0.1, -0.05) is 6.07 Å². The molecule has 9 heteroatoms. The quantitative estimate of drug-likeness (QED) is 0.616. The van der Waals surface area contributed by atoms with E-state index >= 15 is 0 Å². The van der Waals surface area contributed by atoms with Gasteiger partial charge in [0.05, 0.1) is 6.04 Å². The summed E-state index contributed by atoms with van der Waals surface area (Å²) >= 11 is 0. The topological polar surface area (TPSA) is 42.3 Å². The van der Waals surface area contributed by atoms with E-state index in [0.717, 1.165) is 28.6 Å². The van der Waals surface area contributed by atoms with E-state index in [1.54, 1.807) is 22.9 Å². The summed E-state index contributed by atoms with van der Waals surface area (Å²) in [6.45, 7) is 0.273. The molecule has 146 valence electrons. The van der Waals surface area contributed by atoms with E-state index < -0.39 is 44.2 Å². The molecule has 0 fully saturated rings. The van der Waals surface area contributed by atoms with Crippen molar-refractivity contribution in [3.05, 3.63) is 89.3 Å². The molecule has 4 nitrogen and oxygen atoms in total. The summed E-state index contributed by atoms with van der Waals surface area (Å²) in [5.41, 5.74) is 0.730. The summed E-state index contributed by atoms with van der Waals surface area (Å²) in [4.78, 5) is -0.679. The van der Waals surface area contributed by atoms with Crippen LogP contribution in [0.3, 0.4) is 0 Å². The Bertz CT molecular complexity index is 1160. The van der Waals surface area contributed by atoms with Crippen molar-refractivity contribution >= 4 is 10.0 Å². The van der Waals surface area contributed by atoms with Gasteiger partial charge < -0.3 is 4.57 Å². The molecule has 4 rings (SSSR count). The molecule has 1 unspecified atom stereocenters. The van der Waals surface area contributed by atoms with Crippen LogP contribution in [-0.2, 0) is 16.6 Å². The third-order valence-corrected chi connectivity index (χ3v) is 6.63. The number of rotatable bonds is 3. The van der Waals surface area contributed by atoms with Crippen molar-refractivity contribution in [1.82, 2.24) is 8.87 Å². The Hall–Kier alpha value is -2.65. The van der Waals surface area contributed by atoms with Gasteiger partial charge in [-0.15, -0.1) is 0 Å². The highest BCUT2D eigenvalue weighted by molar-refractivity contribution is 7.89. The van der Waals surface area contributed by atoms with E-state index in [-0.39, 0.29) is 12.1 Å². The van der Waals surface area contributed by atoms with E-state index in [4.69, 9.17) is 0 Å². The van der Waals surface area contributed by atoms with Crippen molar-refractivity contribution in [3.63, 3.8) is 0 Å². The highest BCUT2D eigenvalue weighted by Gasteiger charge is 2.39. The smallest absolute Gasteiger partial charge is 0.246 e. The summed E-state index contributed by atoms with van der Waals surface area (Å²) < 4.78 is 83.8. The fourth-order valence-electron chi connectivity index (χ4n) is 3.45. The second-order valence-electron chi connectivity index (χ2n) is 6.39. The van der Waals surface area contributed by atoms with Crippen molar-refractivity contribution in [2.75, 3.05) is 6.54 Å². The number of sulfonamides is 1. The number of hydrogen-bond donors (Lipinski definition) is 0. The van der Waals surface area contributed by atoms with E-state index in [1.807, 2.05) is 0 Å². The number of aromatic nitrogens is 1. The molecule has 2 aromatic carbocycles. The fraction of sp³-hybridized carbons (Fsp3) is 0.158. The molecule has 0 saturated heterocycles. The predicted molar refractivity (Wildman–Crippen MR) is 92.9 cm³/mol. The van der Waals surface area contributed by atoms with Gasteiger partial charge in [0.25, 0.3) is 0 Å². The fourth-order valence-corrected chi connectivity index (χ4v) is 5.08. The minimum absolute atomic E-state index is 0.0233. The van der Waals surface area contributed by atoms with Gasteiger partial charge >= 0.3 is 0 Å². The van der Waals surface area contributed by atoms with E-state index in [1.165, 1.54) is 6.07 Å². The molecule has 0 bridgehead atoms. The average molecular weight is 410 g/mol. The zero-order valence-corrected chi connectivity index (χ0v) is 15.1. The van der Waals surface area contributed by atoms with Crippen LogP contribution in [0.15, 0.2) is 59.6 Å². The van der Waals surface area contributed by atoms with Gasteiger partial charge in [0.1, 0.15) is 16.5 Å². The first-order valence-electron chi connectivity index (χ1n) is 8.36. The Balaban J connectivity index is 1.88. The van der Waals surface area contributed by atoms with Crippen LogP contribution in [0.1, 0.15) is 17.3 Å². The van der Waals surface area contributed by atoms with Gasteiger partial charge in [-0.2, -0.15) is 4.31 Å². The molecule has 0 saturated carbocycles. The third kappa shape index (κ3) is 3.00. The van der Waals surface area contributed by atoms with Crippen LogP contribution >= 0.6 is 0 Å². The summed E-state index contributed by atoms with van der Waals surface area (Å²) in [7, 11) is -4.39. The van der Waals surface area contributed by atoms with Crippen molar-refractivity contribution in [2.24, 2.45) is 0 Å². The number of fused-ring (bicyclic) bond motifs is 1. The van der Waals surface area contributed by atoms with Gasteiger partial charge in [-0.3, -0.25) is 0 Å². The molecule has 28 heavy (non-hydrogen) atoms. The summed E-state index contributed by atoms with van der Waals surface area (Å²) in [6, 6.07) is 7.70. The monoisotopic (exact) mass is 410 g/mol. The highest BCUT2D eigenvalue weighted by Crippen LogP contribution is 2.37. The SMILES string of the molecule is O=S(=O)(c1ccc(F)cc1F)N1CCn2cccc2C1c1ccc(F)c(F)c1. The van der Waals surface area contributed by atoms with Gasteiger partial charge in [0.2, 0.25) is 10.0 Å². The van der Waals surface area contributed by atoms with Crippen molar-refractivity contribution in [2.45, 2.75) is 17.5 Å². The maximum absolute atomic E-state index is 14.2. The lowest BCUT2D eigenvalue weighted by Crippen LogP contribution is -2.42. The first kappa shape index (κ1) is 18.7.